The van der Waals surface area contributed by atoms with Crippen molar-refractivity contribution in [1.29, 1.82) is 0 Å². The molecule has 0 bridgehead atoms. The summed E-state index contributed by atoms with van der Waals surface area (Å²) in [6.07, 6.45) is 5.78. The molecule has 1 aromatic carbocycles. The van der Waals surface area contributed by atoms with Gasteiger partial charge in [0.15, 0.2) is 0 Å². The van der Waals surface area contributed by atoms with Gasteiger partial charge in [0.2, 0.25) is 0 Å². The number of nitrogens with zero attached hydrogens (tertiary/aromatic N) is 3. The van der Waals surface area contributed by atoms with Crippen LogP contribution < -0.4 is 15.0 Å². The zero-order valence-electron chi connectivity index (χ0n) is 19.0. The van der Waals surface area contributed by atoms with Gasteiger partial charge >= 0.3 is 0 Å². The van der Waals surface area contributed by atoms with E-state index < -0.39 is 0 Å². The van der Waals surface area contributed by atoms with Crippen LogP contribution in [0.3, 0.4) is 0 Å². The minimum Gasteiger partial charge on any atom is -0.490 e. The zero-order chi connectivity index (χ0) is 22.5. The van der Waals surface area contributed by atoms with Crippen molar-refractivity contribution < 1.29 is 14.2 Å². The average molecular weight is 447 g/mol. The van der Waals surface area contributed by atoms with E-state index in [0.29, 0.717) is 0 Å². The SMILES string of the molecule is Cc1cc(-c2ccnc(Nc3cc(N4CCOCC4)ccn3)c2)ccc1OC1CCOCC1. The van der Waals surface area contributed by atoms with Crippen LogP contribution in [0.2, 0.25) is 0 Å². The molecule has 0 amide bonds. The lowest BCUT2D eigenvalue weighted by atomic mass is 10.0. The molecule has 4 heterocycles. The standard InChI is InChI=1S/C26H30N4O3/c1-19-16-20(2-3-24(19)33-23-6-12-31-13-7-23)21-4-8-27-25(17-21)29-26-18-22(5-9-28-26)30-10-14-32-15-11-30/h2-5,8-9,16-18,23H,6-7,10-15H2,1H3,(H,27,28,29). The fraction of sp³-hybridized carbons (Fsp3) is 0.385. The van der Waals surface area contributed by atoms with Crippen molar-refractivity contribution >= 4 is 17.3 Å². The zero-order valence-corrected chi connectivity index (χ0v) is 19.0. The summed E-state index contributed by atoms with van der Waals surface area (Å²) in [5, 5.41) is 3.36. The number of pyridine rings is 2. The Morgan fingerprint density at radius 3 is 2.33 bits per heavy atom. The van der Waals surface area contributed by atoms with Crippen molar-refractivity contribution in [2.24, 2.45) is 0 Å². The largest absolute Gasteiger partial charge is 0.490 e. The monoisotopic (exact) mass is 446 g/mol. The molecule has 172 valence electrons. The number of aryl methyl sites for hydroxylation is 1. The third kappa shape index (κ3) is 5.43. The molecule has 2 saturated heterocycles. The predicted molar refractivity (Wildman–Crippen MR) is 129 cm³/mol. The molecule has 0 saturated carbocycles. The molecule has 33 heavy (non-hydrogen) atoms. The summed E-state index contributed by atoms with van der Waals surface area (Å²) in [4.78, 5) is 11.3. The van der Waals surface area contributed by atoms with Gasteiger partial charge in [0.1, 0.15) is 23.5 Å². The minimum absolute atomic E-state index is 0.237. The Balaban J connectivity index is 1.29. The van der Waals surface area contributed by atoms with Crippen molar-refractivity contribution in [1.82, 2.24) is 9.97 Å². The maximum absolute atomic E-state index is 6.22. The van der Waals surface area contributed by atoms with Gasteiger partial charge < -0.3 is 24.4 Å². The van der Waals surface area contributed by atoms with E-state index in [1.807, 2.05) is 24.5 Å². The lowest BCUT2D eigenvalue weighted by molar-refractivity contribution is 0.0253. The smallest absolute Gasteiger partial charge is 0.133 e. The van der Waals surface area contributed by atoms with Gasteiger partial charge in [-0.15, -0.1) is 0 Å². The number of morpholine rings is 1. The highest BCUT2D eigenvalue weighted by Gasteiger charge is 2.16. The van der Waals surface area contributed by atoms with Gasteiger partial charge in [-0.2, -0.15) is 0 Å². The molecular weight excluding hydrogens is 416 g/mol. The summed E-state index contributed by atoms with van der Waals surface area (Å²) in [7, 11) is 0. The number of ether oxygens (including phenoxy) is 3. The second kappa shape index (κ2) is 10.2. The first-order chi connectivity index (χ1) is 16.2. The summed E-state index contributed by atoms with van der Waals surface area (Å²) in [6, 6.07) is 14.5. The molecule has 0 radical (unpaired) electrons. The number of benzene rings is 1. The van der Waals surface area contributed by atoms with Crippen LogP contribution in [0.4, 0.5) is 17.3 Å². The third-order valence-electron chi connectivity index (χ3n) is 6.11. The molecule has 7 heteroatoms. The third-order valence-corrected chi connectivity index (χ3v) is 6.11. The molecule has 2 aliphatic heterocycles. The van der Waals surface area contributed by atoms with E-state index in [1.54, 1.807) is 0 Å². The first-order valence-corrected chi connectivity index (χ1v) is 11.6. The van der Waals surface area contributed by atoms with Crippen LogP contribution in [0.15, 0.2) is 54.9 Å². The summed E-state index contributed by atoms with van der Waals surface area (Å²) in [5.41, 5.74) is 4.50. The Kier molecular flexibility index (Phi) is 6.69. The quantitative estimate of drug-likeness (QED) is 0.594. The Morgan fingerprint density at radius 1 is 0.848 bits per heavy atom. The maximum atomic E-state index is 6.22. The van der Waals surface area contributed by atoms with Gasteiger partial charge in [0.25, 0.3) is 0 Å². The van der Waals surface area contributed by atoms with Crippen molar-refractivity contribution in [3.05, 3.63) is 60.4 Å². The molecule has 7 nitrogen and oxygen atoms in total. The Bertz CT molecular complexity index is 1080. The fourth-order valence-electron chi connectivity index (χ4n) is 4.25. The van der Waals surface area contributed by atoms with Crippen molar-refractivity contribution in [3.8, 4) is 16.9 Å². The van der Waals surface area contributed by atoms with E-state index in [1.165, 1.54) is 0 Å². The topological polar surface area (TPSA) is 68.7 Å². The van der Waals surface area contributed by atoms with E-state index in [2.05, 4.69) is 57.4 Å². The van der Waals surface area contributed by atoms with Gasteiger partial charge in [-0.3, -0.25) is 0 Å². The number of aromatic nitrogens is 2. The number of nitrogens with one attached hydrogen (secondary N) is 1. The summed E-state index contributed by atoms with van der Waals surface area (Å²) >= 11 is 0. The maximum Gasteiger partial charge on any atom is 0.133 e. The van der Waals surface area contributed by atoms with Gasteiger partial charge in [0, 0.05) is 50.1 Å². The Morgan fingerprint density at radius 2 is 1.55 bits per heavy atom. The van der Waals surface area contributed by atoms with Gasteiger partial charge in [-0.1, -0.05) is 6.07 Å². The molecule has 0 aliphatic carbocycles. The Hall–Kier alpha value is -3.16. The average Bonchev–Trinajstić information content (AvgIpc) is 2.87. The highest BCUT2D eigenvalue weighted by atomic mass is 16.5. The number of anilines is 3. The molecule has 3 aromatic rings. The summed E-state index contributed by atoms with van der Waals surface area (Å²) < 4.78 is 17.1. The number of hydrogen-bond acceptors (Lipinski definition) is 7. The molecule has 0 atom stereocenters. The van der Waals surface area contributed by atoms with E-state index in [9.17, 15) is 0 Å². The van der Waals surface area contributed by atoms with E-state index in [-0.39, 0.29) is 6.10 Å². The van der Waals surface area contributed by atoms with Gasteiger partial charge in [0.05, 0.1) is 26.4 Å². The highest BCUT2D eigenvalue weighted by molar-refractivity contribution is 5.70. The van der Waals surface area contributed by atoms with E-state index in [0.717, 1.165) is 92.1 Å². The van der Waals surface area contributed by atoms with Gasteiger partial charge in [-0.05, 0) is 53.9 Å². The van der Waals surface area contributed by atoms with Crippen LogP contribution in [-0.4, -0.2) is 55.6 Å². The van der Waals surface area contributed by atoms with Crippen LogP contribution in [-0.2, 0) is 9.47 Å². The molecule has 1 N–H and O–H groups in total. The van der Waals surface area contributed by atoms with Gasteiger partial charge in [-0.25, -0.2) is 9.97 Å². The molecule has 5 rings (SSSR count). The van der Waals surface area contributed by atoms with E-state index in [4.69, 9.17) is 14.2 Å². The molecule has 0 unspecified atom stereocenters. The van der Waals surface area contributed by atoms with Crippen molar-refractivity contribution in [3.63, 3.8) is 0 Å². The molecule has 2 fully saturated rings. The highest BCUT2D eigenvalue weighted by Crippen LogP contribution is 2.29. The first kappa shape index (κ1) is 21.7. The van der Waals surface area contributed by atoms with Crippen LogP contribution >= 0.6 is 0 Å². The predicted octanol–water partition coefficient (Wildman–Crippen LogP) is 4.59. The molecule has 2 aromatic heterocycles. The molecule has 2 aliphatic rings. The van der Waals surface area contributed by atoms with Crippen molar-refractivity contribution in [2.45, 2.75) is 25.9 Å². The summed E-state index contributed by atoms with van der Waals surface area (Å²) in [6.45, 7) is 6.95. The van der Waals surface area contributed by atoms with Crippen LogP contribution in [0, 0.1) is 6.92 Å². The lowest BCUT2D eigenvalue weighted by Gasteiger charge is -2.28. The minimum atomic E-state index is 0.237. The normalized spacial score (nSPS) is 17.1. The Labute approximate surface area is 194 Å². The molecular formula is C26H30N4O3. The van der Waals surface area contributed by atoms with Crippen molar-refractivity contribution in [2.75, 3.05) is 49.7 Å². The fourth-order valence-corrected chi connectivity index (χ4v) is 4.25. The number of hydrogen-bond donors (Lipinski definition) is 1. The van der Waals surface area contributed by atoms with Crippen LogP contribution in [0.25, 0.3) is 11.1 Å². The second-order valence-electron chi connectivity index (χ2n) is 8.46. The molecule has 0 spiro atoms. The van der Waals surface area contributed by atoms with E-state index >= 15 is 0 Å². The van der Waals surface area contributed by atoms with Crippen LogP contribution in [0.1, 0.15) is 18.4 Å². The van der Waals surface area contributed by atoms with Crippen LogP contribution in [0.5, 0.6) is 5.75 Å². The first-order valence-electron chi connectivity index (χ1n) is 11.6. The second-order valence-corrected chi connectivity index (χ2v) is 8.46. The number of rotatable bonds is 6. The summed E-state index contributed by atoms with van der Waals surface area (Å²) in [5.74, 6) is 2.49. The lowest BCUT2D eigenvalue weighted by Crippen LogP contribution is -2.36.